The Bertz CT molecular complexity index is 1010. The van der Waals surface area contributed by atoms with Crippen LogP contribution in [-0.2, 0) is 0 Å². The molecule has 4 rings (SSSR count). The summed E-state index contributed by atoms with van der Waals surface area (Å²) in [6, 6.07) is 24.2. The third-order valence-electron chi connectivity index (χ3n) is 4.05. The molecule has 4 aromatic rings. The highest BCUT2D eigenvalue weighted by molar-refractivity contribution is 5.86. The molecule has 126 valence electrons. The van der Waals surface area contributed by atoms with Crippen LogP contribution < -0.4 is 0 Å². The molecular formula is C22H18N4. The van der Waals surface area contributed by atoms with Crippen LogP contribution in [0.15, 0.2) is 82.8 Å². The minimum absolute atomic E-state index is 0.624. The van der Waals surface area contributed by atoms with E-state index in [9.17, 15) is 0 Å². The summed E-state index contributed by atoms with van der Waals surface area (Å²) in [5, 5.41) is 2.27. The summed E-state index contributed by atoms with van der Waals surface area (Å²) in [6.45, 7) is 1.25. The van der Waals surface area contributed by atoms with Crippen molar-refractivity contribution in [1.29, 1.82) is 0 Å². The number of para-hydroxylation sites is 2. The average molecular weight is 338 g/mol. The van der Waals surface area contributed by atoms with Gasteiger partial charge in [-0.3, -0.25) is 9.98 Å². The fourth-order valence-corrected chi connectivity index (χ4v) is 2.74. The average Bonchev–Trinajstić information content (AvgIpc) is 2.70. The van der Waals surface area contributed by atoms with Gasteiger partial charge in [-0.15, -0.1) is 0 Å². The molecule has 0 saturated heterocycles. The van der Waals surface area contributed by atoms with Gasteiger partial charge < -0.3 is 0 Å². The largest absolute Gasteiger partial charge is 0.289 e. The van der Waals surface area contributed by atoms with Gasteiger partial charge in [-0.05, 0) is 24.3 Å². The highest BCUT2D eigenvalue weighted by Crippen LogP contribution is 2.11. The standard InChI is InChI=1S/C22H18N4/c1-3-7-21-17(5-1)9-11-19(25-21)15-23-13-14-24-16-20-12-10-18-6-2-4-8-22(18)26-20/h1-12,15-16H,13-14H2. The van der Waals surface area contributed by atoms with E-state index in [1.54, 1.807) is 12.4 Å². The van der Waals surface area contributed by atoms with Gasteiger partial charge in [0, 0.05) is 23.2 Å². The van der Waals surface area contributed by atoms with E-state index in [-0.39, 0.29) is 0 Å². The minimum Gasteiger partial charge on any atom is -0.289 e. The SMILES string of the molecule is C(=NCCN=Cc1ccc2ccccc2n1)c1ccc2ccccc2n1. The molecule has 0 aliphatic rings. The summed E-state index contributed by atoms with van der Waals surface area (Å²) in [5.74, 6) is 0. The van der Waals surface area contributed by atoms with Crippen molar-refractivity contribution < 1.29 is 0 Å². The maximum atomic E-state index is 4.57. The van der Waals surface area contributed by atoms with Crippen molar-refractivity contribution in [2.24, 2.45) is 9.98 Å². The van der Waals surface area contributed by atoms with Gasteiger partial charge in [-0.1, -0.05) is 48.5 Å². The van der Waals surface area contributed by atoms with Crippen LogP contribution in [0.1, 0.15) is 11.4 Å². The maximum absolute atomic E-state index is 4.57. The number of hydrogen-bond donors (Lipinski definition) is 0. The normalized spacial score (nSPS) is 11.8. The molecule has 0 spiro atoms. The summed E-state index contributed by atoms with van der Waals surface area (Å²) >= 11 is 0. The van der Waals surface area contributed by atoms with Crippen molar-refractivity contribution in [2.75, 3.05) is 13.1 Å². The molecule has 0 atom stereocenters. The zero-order valence-corrected chi connectivity index (χ0v) is 14.3. The third kappa shape index (κ3) is 3.81. The highest BCUT2D eigenvalue weighted by atomic mass is 14.8. The Hall–Kier alpha value is -3.40. The van der Waals surface area contributed by atoms with Crippen LogP contribution in [-0.4, -0.2) is 35.5 Å². The van der Waals surface area contributed by atoms with Crippen molar-refractivity contribution in [1.82, 2.24) is 9.97 Å². The predicted octanol–water partition coefficient (Wildman–Crippen LogP) is 4.32. The molecule has 0 N–H and O–H groups in total. The van der Waals surface area contributed by atoms with Crippen molar-refractivity contribution >= 4 is 34.2 Å². The first-order valence-electron chi connectivity index (χ1n) is 8.60. The van der Waals surface area contributed by atoms with Crippen LogP contribution in [0.25, 0.3) is 21.8 Å². The molecule has 0 bridgehead atoms. The summed E-state index contributed by atoms with van der Waals surface area (Å²) < 4.78 is 0. The van der Waals surface area contributed by atoms with E-state index in [2.05, 4.69) is 44.2 Å². The summed E-state index contributed by atoms with van der Waals surface area (Å²) in [6.07, 6.45) is 3.60. The number of nitrogens with zero attached hydrogens (tertiary/aromatic N) is 4. The van der Waals surface area contributed by atoms with Crippen LogP contribution in [0.4, 0.5) is 0 Å². The lowest BCUT2D eigenvalue weighted by Gasteiger charge is -1.98. The molecule has 0 unspecified atom stereocenters. The molecule has 4 nitrogen and oxygen atoms in total. The second kappa shape index (κ2) is 7.66. The predicted molar refractivity (Wildman–Crippen MR) is 108 cm³/mol. The Morgan fingerprint density at radius 1 is 0.577 bits per heavy atom. The van der Waals surface area contributed by atoms with Gasteiger partial charge in [0.1, 0.15) is 0 Å². The molecule has 0 radical (unpaired) electrons. The third-order valence-corrected chi connectivity index (χ3v) is 4.05. The summed E-state index contributed by atoms with van der Waals surface area (Å²) in [5.41, 5.74) is 3.70. The first kappa shape index (κ1) is 16.1. The van der Waals surface area contributed by atoms with E-state index in [0.29, 0.717) is 13.1 Å². The van der Waals surface area contributed by atoms with Gasteiger partial charge in [0.15, 0.2) is 0 Å². The van der Waals surface area contributed by atoms with Crippen molar-refractivity contribution in [3.63, 3.8) is 0 Å². The van der Waals surface area contributed by atoms with Crippen molar-refractivity contribution in [2.45, 2.75) is 0 Å². The van der Waals surface area contributed by atoms with Crippen LogP contribution in [0.5, 0.6) is 0 Å². The Kier molecular flexibility index (Phi) is 4.74. The van der Waals surface area contributed by atoms with Crippen LogP contribution >= 0.6 is 0 Å². The van der Waals surface area contributed by atoms with Crippen LogP contribution in [0.3, 0.4) is 0 Å². The molecule has 2 aromatic carbocycles. The Morgan fingerprint density at radius 2 is 1.04 bits per heavy atom. The zero-order chi connectivity index (χ0) is 17.6. The topological polar surface area (TPSA) is 50.5 Å². The molecule has 26 heavy (non-hydrogen) atoms. The lowest BCUT2D eigenvalue weighted by atomic mass is 10.2. The number of rotatable bonds is 5. The number of pyridine rings is 2. The van der Waals surface area contributed by atoms with Gasteiger partial charge in [-0.2, -0.15) is 0 Å². The molecule has 0 aliphatic carbocycles. The maximum Gasteiger partial charge on any atom is 0.0815 e. The van der Waals surface area contributed by atoms with Crippen LogP contribution in [0.2, 0.25) is 0 Å². The first-order chi connectivity index (χ1) is 12.9. The van der Waals surface area contributed by atoms with E-state index in [0.717, 1.165) is 33.2 Å². The van der Waals surface area contributed by atoms with Gasteiger partial charge in [-0.25, -0.2) is 9.97 Å². The Balaban J connectivity index is 1.34. The zero-order valence-electron chi connectivity index (χ0n) is 14.3. The molecule has 2 heterocycles. The second-order valence-electron chi connectivity index (χ2n) is 5.93. The fourth-order valence-electron chi connectivity index (χ4n) is 2.74. The van der Waals surface area contributed by atoms with Gasteiger partial charge >= 0.3 is 0 Å². The van der Waals surface area contributed by atoms with E-state index in [1.165, 1.54) is 0 Å². The lowest BCUT2D eigenvalue weighted by molar-refractivity contribution is 0.983. The smallest absolute Gasteiger partial charge is 0.0815 e. The highest BCUT2D eigenvalue weighted by Gasteiger charge is 1.96. The molecule has 4 heteroatoms. The number of benzene rings is 2. The summed E-state index contributed by atoms with van der Waals surface area (Å²) in [4.78, 5) is 18.0. The van der Waals surface area contributed by atoms with Gasteiger partial charge in [0.2, 0.25) is 0 Å². The molecule has 0 saturated carbocycles. The lowest BCUT2D eigenvalue weighted by Crippen LogP contribution is -1.94. The number of aliphatic imine (C=N–C) groups is 2. The van der Waals surface area contributed by atoms with E-state index < -0.39 is 0 Å². The monoisotopic (exact) mass is 338 g/mol. The molecular weight excluding hydrogens is 320 g/mol. The first-order valence-corrected chi connectivity index (χ1v) is 8.60. The van der Waals surface area contributed by atoms with Crippen molar-refractivity contribution in [3.05, 3.63) is 84.2 Å². The molecule has 0 fully saturated rings. The quantitative estimate of drug-likeness (QED) is 0.402. The molecule has 0 amide bonds. The fraction of sp³-hybridized carbons (Fsp3) is 0.0909. The Labute approximate surface area is 152 Å². The number of hydrogen-bond acceptors (Lipinski definition) is 4. The number of fused-ring (bicyclic) bond motifs is 2. The van der Waals surface area contributed by atoms with Gasteiger partial charge in [0.05, 0.1) is 35.5 Å². The molecule has 2 aromatic heterocycles. The van der Waals surface area contributed by atoms with E-state index in [4.69, 9.17) is 0 Å². The number of aromatic nitrogens is 2. The second-order valence-corrected chi connectivity index (χ2v) is 5.93. The molecule has 0 aliphatic heterocycles. The van der Waals surface area contributed by atoms with E-state index in [1.807, 2.05) is 48.5 Å². The minimum atomic E-state index is 0.624. The van der Waals surface area contributed by atoms with Crippen molar-refractivity contribution in [3.8, 4) is 0 Å². The van der Waals surface area contributed by atoms with Gasteiger partial charge in [0.25, 0.3) is 0 Å². The van der Waals surface area contributed by atoms with E-state index >= 15 is 0 Å². The van der Waals surface area contributed by atoms with Crippen LogP contribution in [0, 0.1) is 0 Å². The Morgan fingerprint density at radius 3 is 1.54 bits per heavy atom. The summed E-state index contributed by atoms with van der Waals surface area (Å²) in [7, 11) is 0.